The van der Waals surface area contributed by atoms with Crippen molar-refractivity contribution in [3.8, 4) is 0 Å². The zero-order chi connectivity index (χ0) is 30.7. The molecule has 24 heteroatoms. The molecule has 1 radical (unpaired) electrons. The fourth-order valence-electron chi connectivity index (χ4n) is 0.935. The summed E-state index contributed by atoms with van der Waals surface area (Å²) in [6, 6.07) is -1.43. The van der Waals surface area contributed by atoms with Gasteiger partial charge in [-0.15, -0.1) is 0 Å². The molecule has 37 heavy (non-hydrogen) atoms. The minimum Gasteiger partial charge on any atom is -0.741 e. The molecule has 0 bridgehead atoms. The smallest absolute Gasteiger partial charge is 0.741 e. The monoisotopic (exact) mass is 650 g/mol. The van der Waals surface area contributed by atoms with Crippen molar-refractivity contribution in [2.45, 2.75) is 30.9 Å². The second kappa shape index (κ2) is 22.5. The molecule has 0 rings (SSSR count). The number of aliphatic carboxylic acids is 1. The summed E-state index contributed by atoms with van der Waals surface area (Å²) in [5.74, 6) is -3.59. The van der Waals surface area contributed by atoms with E-state index in [-0.39, 0.29) is 16.8 Å². The number of rotatable bonds is 6. The Kier molecular flexibility index (Phi) is 29.5. The van der Waals surface area contributed by atoms with Crippen LogP contribution < -0.4 is 28.7 Å². The third-order valence-electron chi connectivity index (χ3n) is 2.42. The van der Waals surface area contributed by atoms with Gasteiger partial charge in [0.15, 0.2) is 20.2 Å². The number of alkyl halides is 6. The SMILES string of the molecule is CC(=O)C(C(C)=O)[C@H](N)C(=O)O.NCCN.NCCN.O=S(=O)([O-])C(F)(F)F.O=S(=O)([O-])C(F)(F)F.[Co+2]. The largest absolute Gasteiger partial charge is 2.00 e. The normalized spacial score (nSPS) is 11.8. The number of hydrogen-bond acceptors (Lipinski definition) is 14. The van der Waals surface area contributed by atoms with Crippen LogP contribution in [0.25, 0.3) is 0 Å². The molecule has 0 fully saturated rings. The van der Waals surface area contributed by atoms with Gasteiger partial charge in [0.05, 0.1) is 0 Å². The molecule has 0 saturated carbocycles. The molecular formula is C13H27CoF6N5O10S2. The second-order valence-corrected chi connectivity index (χ2v) is 8.26. The average Bonchev–Trinajstić information content (AvgIpc) is 2.65. The quantitative estimate of drug-likeness (QED) is 0.0727. The van der Waals surface area contributed by atoms with Gasteiger partial charge < -0.3 is 42.9 Å². The van der Waals surface area contributed by atoms with Crippen molar-refractivity contribution in [2.24, 2.45) is 34.6 Å². The summed E-state index contributed by atoms with van der Waals surface area (Å²) < 4.78 is 118. The maximum atomic E-state index is 10.8. The third kappa shape index (κ3) is 30.6. The van der Waals surface area contributed by atoms with E-state index in [0.717, 1.165) is 13.8 Å². The van der Waals surface area contributed by atoms with Gasteiger partial charge >= 0.3 is 33.8 Å². The van der Waals surface area contributed by atoms with Crippen molar-refractivity contribution in [3.63, 3.8) is 0 Å². The molecule has 0 unspecified atom stereocenters. The molecule has 0 aliphatic carbocycles. The van der Waals surface area contributed by atoms with Gasteiger partial charge in [-0.25, -0.2) is 16.8 Å². The van der Waals surface area contributed by atoms with Crippen molar-refractivity contribution < 1.29 is 88.6 Å². The number of hydrogen-bond donors (Lipinski definition) is 6. The van der Waals surface area contributed by atoms with Gasteiger partial charge in [-0.3, -0.25) is 14.4 Å². The Bertz CT molecular complexity index is 793. The molecule has 0 saturated heterocycles. The van der Waals surface area contributed by atoms with Crippen LogP contribution in [-0.4, -0.2) is 91.8 Å². The molecular weight excluding hydrogens is 623 g/mol. The maximum absolute atomic E-state index is 10.8. The van der Waals surface area contributed by atoms with Crippen molar-refractivity contribution >= 4 is 37.8 Å². The summed E-state index contributed by atoms with van der Waals surface area (Å²) in [4.78, 5) is 31.9. The fourth-order valence-corrected chi connectivity index (χ4v) is 0.935. The molecule has 227 valence electrons. The van der Waals surface area contributed by atoms with Gasteiger partial charge in [0, 0.05) is 26.2 Å². The topological polar surface area (TPSA) is 316 Å². The summed E-state index contributed by atoms with van der Waals surface area (Å²) >= 11 is 0. The van der Waals surface area contributed by atoms with E-state index in [1.54, 1.807) is 0 Å². The van der Waals surface area contributed by atoms with E-state index in [1.807, 2.05) is 0 Å². The number of Topliss-reactive ketones (excluding diaryl/α,β-unsaturated/α-hetero) is 2. The van der Waals surface area contributed by atoms with Crippen LogP contribution in [0.3, 0.4) is 0 Å². The zero-order valence-electron chi connectivity index (χ0n) is 18.9. The Hall–Kier alpha value is -1.48. The molecule has 0 aliphatic rings. The fraction of sp³-hybridized carbons (Fsp3) is 0.769. The summed E-state index contributed by atoms with van der Waals surface area (Å²) in [7, 11) is -12.2. The Morgan fingerprint density at radius 3 is 0.919 bits per heavy atom. The first-order valence-electron chi connectivity index (χ1n) is 8.54. The number of carboxylic acid groups (broad SMARTS) is 1. The molecule has 0 heterocycles. The average molecular weight is 650 g/mol. The van der Waals surface area contributed by atoms with Crippen LogP contribution in [0.1, 0.15) is 13.8 Å². The Morgan fingerprint density at radius 1 is 0.730 bits per heavy atom. The predicted molar refractivity (Wildman–Crippen MR) is 108 cm³/mol. The standard InChI is InChI=1S/C7H11NO4.2C2H8N2.2CHF3O3S.Co/c1-3(9)5(4(2)10)6(8)7(11)12;2*3-1-2-4;2*2-1(3,4)8(5,6)7;/h5-6H,8H2,1-2H3,(H,11,12);2*1-4H2;2*(H,5,6,7);/q;;;;;+2/p-2/t6-;;;;;/m0...../s1. The van der Waals surface area contributed by atoms with Gasteiger partial charge in [0.2, 0.25) is 0 Å². The molecule has 0 aliphatic heterocycles. The van der Waals surface area contributed by atoms with E-state index in [2.05, 4.69) is 0 Å². The minimum atomic E-state index is -6.09. The van der Waals surface area contributed by atoms with Gasteiger partial charge in [-0.2, -0.15) is 26.3 Å². The molecule has 0 amide bonds. The van der Waals surface area contributed by atoms with Crippen molar-refractivity contribution in [1.82, 2.24) is 0 Å². The molecule has 0 aromatic carbocycles. The number of halogens is 6. The van der Waals surface area contributed by atoms with Crippen LogP contribution in [-0.2, 0) is 51.4 Å². The molecule has 0 aromatic heterocycles. The number of nitrogens with two attached hydrogens (primary N) is 5. The number of ketones is 2. The number of carbonyl (C=O) groups is 3. The summed E-state index contributed by atoms with van der Waals surface area (Å²) in [6.45, 7) is 4.68. The predicted octanol–water partition coefficient (Wildman–Crippen LogP) is -2.90. The van der Waals surface area contributed by atoms with E-state index in [0.29, 0.717) is 26.2 Å². The zero-order valence-corrected chi connectivity index (χ0v) is 21.6. The first-order valence-corrected chi connectivity index (χ1v) is 11.4. The van der Waals surface area contributed by atoms with Crippen molar-refractivity contribution in [2.75, 3.05) is 26.2 Å². The van der Waals surface area contributed by atoms with Gasteiger partial charge in [-0.05, 0) is 13.8 Å². The summed E-state index contributed by atoms with van der Waals surface area (Å²) in [6.07, 6.45) is 0. The van der Waals surface area contributed by atoms with Crippen molar-refractivity contribution in [1.29, 1.82) is 0 Å². The van der Waals surface area contributed by atoms with Gasteiger partial charge in [0.25, 0.3) is 0 Å². The van der Waals surface area contributed by atoms with E-state index >= 15 is 0 Å². The molecule has 0 spiro atoms. The van der Waals surface area contributed by atoms with Gasteiger partial charge in [0.1, 0.15) is 23.5 Å². The van der Waals surface area contributed by atoms with E-state index in [9.17, 15) is 40.7 Å². The second-order valence-electron chi connectivity index (χ2n) is 5.52. The maximum Gasteiger partial charge on any atom is 2.00 e. The van der Waals surface area contributed by atoms with Crippen LogP contribution in [0.15, 0.2) is 0 Å². The van der Waals surface area contributed by atoms with Crippen LogP contribution in [0.2, 0.25) is 0 Å². The molecule has 1 atom stereocenters. The van der Waals surface area contributed by atoms with E-state index < -0.39 is 60.7 Å². The van der Waals surface area contributed by atoms with Crippen molar-refractivity contribution in [3.05, 3.63) is 0 Å². The first kappa shape index (κ1) is 48.6. The number of carbonyl (C=O) groups excluding carboxylic acids is 2. The summed E-state index contributed by atoms with van der Waals surface area (Å²) in [5, 5.41) is 8.42. The number of carboxylic acids is 1. The van der Waals surface area contributed by atoms with E-state index in [4.69, 9.17) is 59.7 Å². The molecule has 15 nitrogen and oxygen atoms in total. The van der Waals surface area contributed by atoms with Gasteiger partial charge in [-0.1, -0.05) is 0 Å². The van der Waals surface area contributed by atoms with Crippen LogP contribution in [0.5, 0.6) is 0 Å². The molecule has 11 N–H and O–H groups in total. The third-order valence-corrected chi connectivity index (χ3v) is 3.55. The van der Waals surface area contributed by atoms with Crippen LogP contribution >= 0.6 is 0 Å². The van der Waals surface area contributed by atoms with E-state index in [1.165, 1.54) is 0 Å². The van der Waals surface area contributed by atoms with Crippen LogP contribution in [0.4, 0.5) is 26.3 Å². The Morgan fingerprint density at radius 2 is 0.892 bits per heavy atom. The summed E-state index contributed by atoms with van der Waals surface area (Å²) in [5.41, 5.74) is 13.4. The Balaban J connectivity index is -0.0000000856. The first-order chi connectivity index (χ1) is 15.7. The minimum absolute atomic E-state index is 0. The Labute approximate surface area is 218 Å². The van der Waals surface area contributed by atoms with Crippen LogP contribution in [0, 0.1) is 5.92 Å². The molecule has 0 aromatic rings.